The molecule has 1 aromatic carbocycles. The van der Waals surface area contributed by atoms with E-state index in [1.54, 1.807) is 15.9 Å². The normalized spacial score (nSPS) is 23.2. The van der Waals surface area contributed by atoms with Crippen molar-refractivity contribution < 1.29 is 31.1 Å². The van der Waals surface area contributed by atoms with Gasteiger partial charge < -0.3 is 9.80 Å². The lowest BCUT2D eigenvalue weighted by Crippen LogP contribution is -2.32. The van der Waals surface area contributed by atoms with Crippen LogP contribution in [0.25, 0.3) is 0 Å². The lowest BCUT2D eigenvalue weighted by molar-refractivity contribution is -0.143. The number of pyridine rings is 1. The van der Waals surface area contributed by atoms with Crippen LogP contribution in [0.2, 0.25) is 0 Å². The van der Waals surface area contributed by atoms with E-state index in [2.05, 4.69) is 20.9 Å². The zero-order valence-electron chi connectivity index (χ0n) is 17.6. The molecule has 11 heteroatoms. The summed E-state index contributed by atoms with van der Waals surface area (Å²) in [5.74, 6) is -0.392. The SMILES string of the molecule is CN(C)c1ccc(Br)c([C@@H]2CC[C@H]3[C@@H](c4cc(C(F)(F)F)cc(C(F)(F)F)c4)CC(=O)N23)n1. The Labute approximate surface area is 194 Å². The molecule has 33 heavy (non-hydrogen) atoms. The van der Waals surface area contributed by atoms with Gasteiger partial charge in [0.05, 0.1) is 22.9 Å². The molecular formula is C22H20BrF6N3O. The largest absolute Gasteiger partial charge is 0.416 e. The van der Waals surface area contributed by atoms with Crippen molar-refractivity contribution in [3.8, 4) is 0 Å². The Bertz CT molecular complexity index is 1050. The summed E-state index contributed by atoms with van der Waals surface area (Å²) in [7, 11) is 3.64. The monoisotopic (exact) mass is 535 g/mol. The van der Waals surface area contributed by atoms with Crippen LogP contribution in [0.3, 0.4) is 0 Å². The number of carbonyl (C=O) groups is 1. The van der Waals surface area contributed by atoms with Crippen molar-refractivity contribution in [3.05, 3.63) is 57.2 Å². The van der Waals surface area contributed by atoms with E-state index in [1.165, 1.54) is 0 Å². The standard InChI is InChI=1S/C22H20BrF6N3O/c1-31(2)18-6-3-15(23)20(30-18)17-5-4-16-14(10-19(33)32(16)17)11-7-12(21(24,25)26)9-13(8-11)22(27,28)29/h3,6-9,14,16-17H,4-5,10H2,1-2H3/t14-,16+,17+/m1/s1. The van der Waals surface area contributed by atoms with Crippen LogP contribution in [0.4, 0.5) is 32.2 Å². The van der Waals surface area contributed by atoms with Gasteiger partial charge in [-0.2, -0.15) is 26.3 Å². The van der Waals surface area contributed by atoms with Gasteiger partial charge in [-0.15, -0.1) is 0 Å². The number of nitrogens with zero attached hydrogens (tertiary/aromatic N) is 3. The van der Waals surface area contributed by atoms with Crippen molar-refractivity contribution >= 4 is 27.7 Å². The second-order valence-corrected chi connectivity index (χ2v) is 9.40. The van der Waals surface area contributed by atoms with Crippen molar-refractivity contribution in [1.29, 1.82) is 0 Å². The first-order valence-electron chi connectivity index (χ1n) is 10.2. The van der Waals surface area contributed by atoms with Crippen molar-refractivity contribution in [3.63, 3.8) is 0 Å². The molecule has 0 radical (unpaired) electrons. The van der Waals surface area contributed by atoms with E-state index in [0.29, 0.717) is 28.8 Å². The molecule has 3 heterocycles. The molecule has 2 saturated heterocycles. The van der Waals surface area contributed by atoms with E-state index in [-0.39, 0.29) is 24.0 Å². The Hall–Kier alpha value is -2.30. The number of halogens is 7. The summed E-state index contributed by atoms with van der Waals surface area (Å²) in [5, 5.41) is 0. The van der Waals surface area contributed by atoms with Crippen molar-refractivity contribution in [2.75, 3.05) is 19.0 Å². The third-order valence-corrected chi connectivity index (χ3v) is 6.92. The molecule has 0 spiro atoms. The first-order valence-corrected chi connectivity index (χ1v) is 11.0. The Morgan fingerprint density at radius 2 is 1.61 bits per heavy atom. The van der Waals surface area contributed by atoms with Gasteiger partial charge in [0.25, 0.3) is 0 Å². The van der Waals surface area contributed by atoms with E-state index in [0.717, 1.165) is 12.1 Å². The van der Waals surface area contributed by atoms with Gasteiger partial charge in [0.15, 0.2) is 0 Å². The number of benzene rings is 1. The fourth-order valence-electron chi connectivity index (χ4n) is 4.75. The maximum atomic E-state index is 13.3. The third-order valence-electron chi connectivity index (χ3n) is 6.25. The maximum absolute atomic E-state index is 13.3. The lowest BCUT2D eigenvalue weighted by Gasteiger charge is -2.27. The van der Waals surface area contributed by atoms with Gasteiger partial charge in [0, 0.05) is 36.9 Å². The predicted molar refractivity (Wildman–Crippen MR) is 113 cm³/mol. The summed E-state index contributed by atoms with van der Waals surface area (Å²) in [6, 6.07) is 4.30. The van der Waals surface area contributed by atoms with E-state index < -0.39 is 41.5 Å². The molecule has 1 aromatic heterocycles. The molecule has 2 aliphatic rings. The highest BCUT2D eigenvalue weighted by Crippen LogP contribution is 2.50. The quantitative estimate of drug-likeness (QED) is 0.441. The molecular weight excluding hydrogens is 516 g/mol. The lowest BCUT2D eigenvalue weighted by atomic mass is 9.88. The first kappa shape index (κ1) is 23.8. The van der Waals surface area contributed by atoms with Gasteiger partial charge in [-0.25, -0.2) is 4.98 Å². The molecule has 0 bridgehead atoms. The second-order valence-electron chi connectivity index (χ2n) is 8.54. The average molecular weight is 536 g/mol. The summed E-state index contributed by atoms with van der Waals surface area (Å²) >= 11 is 3.46. The molecule has 4 rings (SSSR count). The van der Waals surface area contributed by atoms with Crippen molar-refractivity contribution in [2.24, 2.45) is 0 Å². The number of carbonyl (C=O) groups excluding carboxylic acids is 1. The Balaban J connectivity index is 1.72. The van der Waals surface area contributed by atoms with Gasteiger partial charge in [-0.05, 0) is 64.7 Å². The highest BCUT2D eigenvalue weighted by atomic mass is 79.9. The average Bonchev–Trinajstić information content (AvgIpc) is 3.28. The Morgan fingerprint density at radius 3 is 2.15 bits per heavy atom. The summed E-state index contributed by atoms with van der Waals surface area (Å²) in [6.45, 7) is 0. The smallest absolute Gasteiger partial charge is 0.363 e. The molecule has 178 valence electrons. The number of aromatic nitrogens is 1. The predicted octanol–water partition coefficient (Wildman–Crippen LogP) is 6.17. The zero-order valence-corrected chi connectivity index (χ0v) is 19.2. The number of fused-ring (bicyclic) bond motifs is 1. The number of anilines is 1. The van der Waals surface area contributed by atoms with Gasteiger partial charge in [-0.3, -0.25) is 4.79 Å². The van der Waals surface area contributed by atoms with Crippen LogP contribution in [0.15, 0.2) is 34.8 Å². The van der Waals surface area contributed by atoms with E-state index in [4.69, 9.17) is 0 Å². The molecule has 0 aliphatic carbocycles. The second kappa shape index (κ2) is 8.18. The van der Waals surface area contributed by atoms with Crippen molar-refractivity contribution in [2.45, 2.75) is 49.6 Å². The minimum atomic E-state index is -4.93. The number of amides is 1. The molecule has 0 unspecified atom stereocenters. The number of hydrogen-bond donors (Lipinski definition) is 0. The molecule has 0 saturated carbocycles. The van der Waals surface area contributed by atoms with Crippen LogP contribution >= 0.6 is 15.9 Å². The molecule has 1 amide bonds. The summed E-state index contributed by atoms with van der Waals surface area (Å²) in [5.41, 5.74) is -2.22. The van der Waals surface area contributed by atoms with Crippen LogP contribution < -0.4 is 4.90 Å². The third kappa shape index (κ3) is 4.43. The maximum Gasteiger partial charge on any atom is 0.416 e. The fourth-order valence-corrected chi connectivity index (χ4v) is 5.24. The molecule has 4 nitrogen and oxygen atoms in total. The minimum Gasteiger partial charge on any atom is -0.363 e. The van der Waals surface area contributed by atoms with E-state index in [9.17, 15) is 31.1 Å². The van der Waals surface area contributed by atoms with Crippen LogP contribution in [0.1, 0.15) is 53.6 Å². The van der Waals surface area contributed by atoms with Crippen LogP contribution in [-0.4, -0.2) is 35.9 Å². The Kier molecular flexibility index (Phi) is 5.91. The number of hydrogen-bond acceptors (Lipinski definition) is 3. The van der Waals surface area contributed by atoms with Gasteiger partial charge >= 0.3 is 12.4 Å². The Morgan fingerprint density at radius 1 is 1.00 bits per heavy atom. The summed E-state index contributed by atoms with van der Waals surface area (Å²) < 4.78 is 80.7. The molecule has 0 N–H and O–H groups in total. The van der Waals surface area contributed by atoms with Crippen molar-refractivity contribution in [1.82, 2.24) is 9.88 Å². The topological polar surface area (TPSA) is 36.4 Å². The van der Waals surface area contributed by atoms with Crippen LogP contribution in [-0.2, 0) is 17.1 Å². The summed E-state index contributed by atoms with van der Waals surface area (Å²) in [4.78, 5) is 21.0. The van der Waals surface area contributed by atoms with Crippen LogP contribution in [0, 0.1) is 0 Å². The minimum absolute atomic E-state index is 0.114. The van der Waals surface area contributed by atoms with Crippen LogP contribution in [0.5, 0.6) is 0 Å². The summed E-state index contributed by atoms with van der Waals surface area (Å²) in [6.07, 6.45) is -9.04. The highest BCUT2D eigenvalue weighted by Gasteiger charge is 2.50. The van der Waals surface area contributed by atoms with E-state index in [1.807, 2.05) is 20.2 Å². The first-order chi connectivity index (χ1) is 15.3. The fraction of sp³-hybridized carbons (Fsp3) is 0.455. The molecule has 3 atom stereocenters. The zero-order chi connectivity index (χ0) is 24.3. The van der Waals surface area contributed by atoms with Gasteiger partial charge in [0.1, 0.15) is 5.82 Å². The highest BCUT2D eigenvalue weighted by molar-refractivity contribution is 9.10. The van der Waals surface area contributed by atoms with Gasteiger partial charge in [0.2, 0.25) is 5.91 Å². The number of rotatable bonds is 3. The number of alkyl halides is 6. The molecule has 2 fully saturated rings. The van der Waals surface area contributed by atoms with Gasteiger partial charge in [-0.1, -0.05) is 0 Å². The van der Waals surface area contributed by atoms with E-state index >= 15 is 0 Å². The molecule has 2 aromatic rings. The molecule has 2 aliphatic heterocycles.